The molecule has 34 heavy (non-hydrogen) atoms. The van der Waals surface area contributed by atoms with Crippen molar-refractivity contribution in [3.63, 3.8) is 0 Å². The van der Waals surface area contributed by atoms with Gasteiger partial charge in [-0.3, -0.25) is 4.79 Å². The van der Waals surface area contributed by atoms with E-state index in [9.17, 15) is 9.59 Å². The first-order valence-corrected chi connectivity index (χ1v) is 11.3. The fourth-order valence-electron chi connectivity index (χ4n) is 3.46. The lowest BCUT2D eigenvalue weighted by molar-refractivity contribution is 0.0479. The van der Waals surface area contributed by atoms with Gasteiger partial charge in [0.05, 0.1) is 37.7 Å². The minimum atomic E-state index is -0.605. The molecule has 4 rings (SSSR count). The molecule has 0 N–H and O–H groups in total. The number of rotatable bonds is 8. The zero-order chi connectivity index (χ0) is 24.4. The highest BCUT2D eigenvalue weighted by atomic mass is 35.5. The Morgan fingerprint density at radius 1 is 1.03 bits per heavy atom. The first-order chi connectivity index (χ1) is 16.4. The highest BCUT2D eigenvalue weighted by Crippen LogP contribution is 2.38. The second-order valence-corrected chi connectivity index (χ2v) is 8.63. The number of hydrogen-bond donors (Lipinski definition) is 0. The van der Waals surface area contributed by atoms with E-state index in [4.69, 9.17) is 30.5 Å². The van der Waals surface area contributed by atoms with Crippen molar-refractivity contribution in [3.8, 4) is 22.9 Å². The van der Waals surface area contributed by atoms with Gasteiger partial charge in [0.1, 0.15) is 9.71 Å². The summed E-state index contributed by atoms with van der Waals surface area (Å²) in [6.45, 7) is 1.41. The van der Waals surface area contributed by atoms with E-state index in [1.54, 1.807) is 16.8 Å². The zero-order valence-electron chi connectivity index (χ0n) is 18.9. The first-order valence-electron chi connectivity index (χ1n) is 10.1. The van der Waals surface area contributed by atoms with Crippen molar-refractivity contribution in [1.29, 1.82) is 0 Å². The van der Waals surface area contributed by atoms with Crippen LogP contribution in [-0.2, 0) is 4.74 Å². The average Bonchev–Trinajstić information content (AvgIpc) is 3.42. The molecular weight excluding hydrogens is 480 g/mol. The SMILES string of the molecule is COc1cc(C(=O)COC(=O)c2cc3c(C)nn(-c4ccccc4Cl)c3s2)cc(OC)c1OC. The maximum absolute atomic E-state index is 12.7. The number of nitrogens with zero attached hydrogens (tertiary/aromatic N) is 2. The van der Waals surface area contributed by atoms with Gasteiger partial charge in [-0.2, -0.15) is 5.10 Å². The molecule has 176 valence electrons. The van der Waals surface area contributed by atoms with Crippen molar-refractivity contribution in [2.24, 2.45) is 0 Å². The van der Waals surface area contributed by atoms with E-state index >= 15 is 0 Å². The molecule has 2 aromatic heterocycles. The Morgan fingerprint density at radius 2 is 1.71 bits per heavy atom. The number of Topliss-reactive ketones (excluding diaryl/α,β-unsaturated/α-hetero) is 1. The predicted molar refractivity (Wildman–Crippen MR) is 129 cm³/mol. The molecule has 0 saturated carbocycles. The van der Waals surface area contributed by atoms with Crippen LogP contribution in [0.4, 0.5) is 0 Å². The number of carbonyl (C=O) groups is 2. The Morgan fingerprint density at radius 3 is 2.32 bits per heavy atom. The van der Waals surface area contributed by atoms with Gasteiger partial charge >= 0.3 is 5.97 Å². The van der Waals surface area contributed by atoms with E-state index in [0.29, 0.717) is 32.8 Å². The van der Waals surface area contributed by atoms with Crippen molar-refractivity contribution in [3.05, 3.63) is 63.6 Å². The molecule has 0 radical (unpaired) electrons. The molecular formula is C24H21ClN2O6S. The topological polar surface area (TPSA) is 88.9 Å². The van der Waals surface area contributed by atoms with Gasteiger partial charge in [0.2, 0.25) is 11.5 Å². The van der Waals surface area contributed by atoms with Crippen LogP contribution in [0.5, 0.6) is 17.2 Å². The van der Waals surface area contributed by atoms with E-state index in [-0.39, 0.29) is 5.56 Å². The second kappa shape index (κ2) is 9.74. The number of halogens is 1. The quantitative estimate of drug-likeness (QED) is 0.245. The number of benzene rings is 2. The van der Waals surface area contributed by atoms with Gasteiger partial charge in [0.15, 0.2) is 18.1 Å². The molecule has 10 heteroatoms. The molecule has 4 aromatic rings. The summed E-state index contributed by atoms with van der Waals surface area (Å²) in [4.78, 5) is 26.6. The number of hydrogen-bond acceptors (Lipinski definition) is 8. The average molecular weight is 501 g/mol. The molecule has 0 saturated heterocycles. The number of ketones is 1. The Balaban J connectivity index is 1.55. The van der Waals surface area contributed by atoms with Crippen LogP contribution in [0.1, 0.15) is 25.7 Å². The van der Waals surface area contributed by atoms with E-state index in [0.717, 1.165) is 15.9 Å². The lowest BCUT2D eigenvalue weighted by Gasteiger charge is -2.13. The molecule has 0 bridgehead atoms. The summed E-state index contributed by atoms with van der Waals surface area (Å²) in [5, 5.41) is 5.90. The van der Waals surface area contributed by atoms with E-state index in [2.05, 4.69) is 5.10 Å². The van der Waals surface area contributed by atoms with E-state index in [1.165, 1.54) is 44.8 Å². The van der Waals surface area contributed by atoms with Crippen LogP contribution in [0.2, 0.25) is 5.02 Å². The van der Waals surface area contributed by atoms with E-state index in [1.807, 2.05) is 25.1 Å². The first kappa shape index (κ1) is 23.6. The van der Waals surface area contributed by atoms with Gasteiger partial charge in [0.25, 0.3) is 0 Å². The van der Waals surface area contributed by atoms with Crippen LogP contribution in [0.25, 0.3) is 15.9 Å². The smallest absolute Gasteiger partial charge is 0.348 e. The number of ether oxygens (including phenoxy) is 4. The highest BCUT2D eigenvalue weighted by Gasteiger charge is 2.21. The zero-order valence-corrected chi connectivity index (χ0v) is 20.5. The molecule has 2 aromatic carbocycles. The number of thiophene rings is 1. The van der Waals surface area contributed by atoms with Gasteiger partial charge in [-0.15, -0.1) is 11.3 Å². The maximum Gasteiger partial charge on any atom is 0.348 e. The summed E-state index contributed by atoms with van der Waals surface area (Å²) in [5.74, 6) is 0.0206. The minimum absolute atomic E-state index is 0.267. The van der Waals surface area contributed by atoms with Gasteiger partial charge in [-0.05, 0) is 37.3 Å². The number of para-hydroxylation sites is 1. The monoisotopic (exact) mass is 500 g/mol. The number of esters is 1. The number of aromatic nitrogens is 2. The predicted octanol–water partition coefficient (Wildman–Crippen LogP) is 5.11. The maximum atomic E-state index is 12.7. The molecule has 0 aliphatic rings. The fraction of sp³-hybridized carbons (Fsp3) is 0.208. The molecule has 2 heterocycles. The lowest BCUT2D eigenvalue weighted by Crippen LogP contribution is -2.14. The summed E-state index contributed by atoms with van der Waals surface area (Å²) >= 11 is 7.55. The molecule has 0 aliphatic heterocycles. The Labute approximate surface area is 204 Å². The summed E-state index contributed by atoms with van der Waals surface area (Å²) in [5.41, 5.74) is 1.73. The van der Waals surface area contributed by atoms with E-state index < -0.39 is 18.4 Å². The molecule has 0 fully saturated rings. The van der Waals surface area contributed by atoms with Crippen LogP contribution in [0.3, 0.4) is 0 Å². The normalized spacial score (nSPS) is 10.9. The molecule has 0 unspecified atom stereocenters. The fourth-order valence-corrected chi connectivity index (χ4v) is 4.75. The highest BCUT2D eigenvalue weighted by molar-refractivity contribution is 7.20. The van der Waals surface area contributed by atoms with Crippen LogP contribution >= 0.6 is 22.9 Å². The number of fused-ring (bicyclic) bond motifs is 1. The third-order valence-corrected chi connectivity index (χ3v) is 6.56. The van der Waals surface area contributed by atoms with Crippen molar-refractivity contribution in [1.82, 2.24) is 9.78 Å². The van der Waals surface area contributed by atoms with Crippen LogP contribution in [0, 0.1) is 6.92 Å². The standard InChI is InChI=1S/C24H21ClN2O6S/c1-13-15-11-21(34-23(15)27(26-13)17-8-6-5-7-16(17)25)24(29)33-12-18(28)14-9-19(30-2)22(32-4)20(10-14)31-3/h5-11H,12H2,1-4H3. The Bertz CT molecular complexity index is 1370. The van der Waals surface area contributed by atoms with Gasteiger partial charge < -0.3 is 18.9 Å². The van der Waals surface area contributed by atoms with Crippen LogP contribution < -0.4 is 14.2 Å². The van der Waals surface area contributed by atoms with Crippen LogP contribution in [0.15, 0.2) is 42.5 Å². The van der Waals surface area contributed by atoms with Crippen molar-refractivity contribution >= 4 is 44.9 Å². The molecule has 0 atom stereocenters. The van der Waals surface area contributed by atoms with Crippen molar-refractivity contribution < 1.29 is 28.5 Å². The van der Waals surface area contributed by atoms with Crippen LogP contribution in [-0.4, -0.2) is 49.5 Å². The number of carbonyl (C=O) groups excluding carboxylic acids is 2. The summed E-state index contributed by atoms with van der Waals surface area (Å²) in [6, 6.07) is 12.1. The molecule has 0 spiro atoms. The molecule has 0 aliphatic carbocycles. The van der Waals surface area contributed by atoms with Gasteiger partial charge in [-0.25, -0.2) is 9.48 Å². The number of methoxy groups -OCH3 is 3. The van der Waals surface area contributed by atoms with Gasteiger partial charge in [-0.1, -0.05) is 23.7 Å². The Hall–Kier alpha value is -3.56. The minimum Gasteiger partial charge on any atom is -0.493 e. The summed E-state index contributed by atoms with van der Waals surface area (Å²) < 4.78 is 22.8. The lowest BCUT2D eigenvalue weighted by atomic mass is 10.1. The number of aryl methyl sites for hydroxylation is 1. The largest absolute Gasteiger partial charge is 0.493 e. The third kappa shape index (κ3) is 4.32. The van der Waals surface area contributed by atoms with Crippen molar-refractivity contribution in [2.45, 2.75) is 6.92 Å². The second-order valence-electron chi connectivity index (χ2n) is 7.19. The summed E-state index contributed by atoms with van der Waals surface area (Å²) in [7, 11) is 4.39. The summed E-state index contributed by atoms with van der Waals surface area (Å²) in [6.07, 6.45) is 0. The third-order valence-electron chi connectivity index (χ3n) is 5.15. The molecule has 0 amide bonds. The van der Waals surface area contributed by atoms with Crippen molar-refractivity contribution in [2.75, 3.05) is 27.9 Å². The molecule has 8 nitrogen and oxygen atoms in total. The van der Waals surface area contributed by atoms with Gasteiger partial charge in [0, 0.05) is 10.9 Å². The Kier molecular flexibility index (Phi) is 6.76.